The maximum atomic E-state index is 9.58. The molecular weight excluding hydrogens is 372 g/mol. The number of aliphatic hydroxyl groups excluding tert-OH is 1. The Labute approximate surface area is 175 Å². The van der Waals surface area contributed by atoms with Crippen molar-refractivity contribution in [1.82, 2.24) is 15.5 Å². The zero-order valence-electron chi connectivity index (χ0n) is 17.7. The molecule has 2 saturated heterocycles. The van der Waals surface area contributed by atoms with Crippen molar-refractivity contribution in [1.29, 1.82) is 0 Å². The molecule has 1 atom stereocenters. The Hall–Kier alpha value is -0.500. The van der Waals surface area contributed by atoms with E-state index in [1.807, 2.05) is 0 Å². The van der Waals surface area contributed by atoms with Crippen LogP contribution in [0.5, 0.6) is 0 Å². The maximum absolute atomic E-state index is 9.58. The van der Waals surface area contributed by atoms with Crippen molar-refractivity contribution < 1.29 is 9.84 Å². The number of guanidine groups is 1. The smallest absolute Gasteiger partial charge is 0.191 e. The van der Waals surface area contributed by atoms with Crippen molar-refractivity contribution in [2.24, 2.45) is 10.4 Å². The average molecular weight is 413 g/mol. The second-order valence-electron chi connectivity index (χ2n) is 8.71. The van der Waals surface area contributed by atoms with Crippen LogP contribution in [0.25, 0.3) is 0 Å². The third-order valence-electron chi connectivity index (χ3n) is 6.82. The molecule has 0 radical (unpaired) electrons. The van der Waals surface area contributed by atoms with Gasteiger partial charge >= 0.3 is 0 Å². The molecule has 1 aliphatic carbocycles. The third kappa shape index (κ3) is 5.77. The fourth-order valence-corrected chi connectivity index (χ4v) is 6.48. The Morgan fingerprint density at radius 2 is 1.93 bits per heavy atom. The first-order chi connectivity index (χ1) is 13.7. The number of morpholine rings is 1. The standard InChI is InChI=1S/C21H40N4O2S/c1-2-22-19(23-16-20(8-12-26)6-4-3-5-7-20)24-17-21(9-15-28-18-21)25-10-13-27-14-11-25/h26H,2-18H2,1H3,(H2,22,23,24). The quantitative estimate of drug-likeness (QED) is 0.419. The number of ether oxygens (including phenoxy) is 1. The monoisotopic (exact) mass is 412 g/mol. The molecule has 6 nitrogen and oxygen atoms in total. The molecule has 0 aromatic carbocycles. The summed E-state index contributed by atoms with van der Waals surface area (Å²) in [5.74, 6) is 3.37. The second kappa shape index (κ2) is 11.0. The lowest BCUT2D eigenvalue weighted by Gasteiger charge is -2.43. The topological polar surface area (TPSA) is 69.1 Å². The summed E-state index contributed by atoms with van der Waals surface area (Å²) in [6, 6.07) is 0. The van der Waals surface area contributed by atoms with Gasteiger partial charge in [0.2, 0.25) is 0 Å². The Morgan fingerprint density at radius 1 is 1.14 bits per heavy atom. The summed E-state index contributed by atoms with van der Waals surface area (Å²) in [6.07, 6.45) is 8.39. The molecule has 2 aliphatic heterocycles. The fourth-order valence-electron chi connectivity index (χ4n) is 5.00. The van der Waals surface area contributed by atoms with Crippen LogP contribution in [0.4, 0.5) is 0 Å². The Balaban J connectivity index is 1.63. The minimum absolute atomic E-state index is 0.195. The van der Waals surface area contributed by atoms with Gasteiger partial charge in [-0.1, -0.05) is 19.3 Å². The van der Waals surface area contributed by atoms with Gasteiger partial charge in [-0.3, -0.25) is 9.89 Å². The van der Waals surface area contributed by atoms with E-state index in [-0.39, 0.29) is 17.6 Å². The van der Waals surface area contributed by atoms with Gasteiger partial charge in [-0.2, -0.15) is 11.8 Å². The fraction of sp³-hybridized carbons (Fsp3) is 0.952. The van der Waals surface area contributed by atoms with Gasteiger partial charge < -0.3 is 20.5 Å². The number of nitrogens with zero attached hydrogens (tertiary/aromatic N) is 2. The number of aliphatic imine (C=N–C) groups is 1. The van der Waals surface area contributed by atoms with Gasteiger partial charge in [0.15, 0.2) is 5.96 Å². The predicted octanol–water partition coefficient (Wildman–Crippen LogP) is 2.08. The van der Waals surface area contributed by atoms with Crippen LogP contribution in [-0.2, 0) is 4.74 Å². The number of thioether (sulfide) groups is 1. The number of rotatable bonds is 8. The molecule has 0 spiro atoms. The predicted molar refractivity (Wildman–Crippen MR) is 118 cm³/mol. The number of aliphatic hydroxyl groups is 1. The molecule has 3 rings (SSSR count). The summed E-state index contributed by atoms with van der Waals surface area (Å²) < 4.78 is 5.58. The van der Waals surface area contributed by atoms with E-state index in [1.54, 1.807) is 0 Å². The molecule has 0 aromatic heterocycles. The molecule has 1 unspecified atom stereocenters. The van der Waals surface area contributed by atoms with Crippen molar-refractivity contribution in [2.75, 3.05) is 64.1 Å². The minimum atomic E-state index is 0.195. The zero-order valence-corrected chi connectivity index (χ0v) is 18.5. The van der Waals surface area contributed by atoms with Crippen LogP contribution in [0.15, 0.2) is 4.99 Å². The van der Waals surface area contributed by atoms with E-state index in [9.17, 15) is 5.11 Å². The molecule has 3 fully saturated rings. The average Bonchev–Trinajstić information content (AvgIpc) is 3.22. The summed E-state index contributed by atoms with van der Waals surface area (Å²) in [4.78, 5) is 7.64. The summed E-state index contributed by atoms with van der Waals surface area (Å²) in [6.45, 7) is 8.82. The lowest BCUT2D eigenvalue weighted by molar-refractivity contribution is -0.0120. The molecule has 2 heterocycles. The second-order valence-corrected chi connectivity index (χ2v) is 9.81. The van der Waals surface area contributed by atoms with E-state index >= 15 is 0 Å². The Morgan fingerprint density at radius 3 is 2.57 bits per heavy atom. The van der Waals surface area contributed by atoms with E-state index in [1.165, 1.54) is 50.0 Å². The van der Waals surface area contributed by atoms with E-state index in [0.29, 0.717) is 0 Å². The summed E-state index contributed by atoms with van der Waals surface area (Å²) >= 11 is 2.07. The van der Waals surface area contributed by atoms with Gasteiger partial charge in [0.25, 0.3) is 0 Å². The molecule has 0 bridgehead atoms. The molecule has 162 valence electrons. The number of hydrogen-bond donors (Lipinski definition) is 3. The first-order valence-corrected chi connectivity index (χ1v) is 12.4. The van der Waals surface area contributed by atoms with Crippen LogP contribution in [0, 0.1) is 5.41 Å². The molecule has 3 N–H and O–H groups in total. The van der Waals surface area contributed by atoms with Crippen LogP contribution in [0.3, 0.4) is 0 Å². The highest BCUT2D eigenvalue weighted by Gasteiger charge is 2.40. The maximum Gasteiger partial charge on any atom is 0.191 e. The van der Waals surface area contributed by atoms with Crippen LogP contribution in [-0.4, -0.2) is 85.6 Å². The van der Waals surface area contributed by atoms with Crippen molar-refractivity contribution in [3.05, 3.63) is 0 Å². The lowest BCUT2D eigenvalue weighted by atomic mass is 9.72. The van der Waals surface area contributed by atoms with Gasteiger partial charge in [-0.05, 0) is 43.8 Å². The first-order valence-electron chi connectivity index (χ1n) is 11.3. The number of hydrogen-bond acceptors (Lipinski definition) is 5. The molecule has 0 aromatic rings. The lowest BCUT2D eigenvalue weighted by Crippen LogP contribution is -2.60. The van der Waals surface area contributed by atoms with Gasteiger partial charge in [0, 0.05) is 50.6 Å². The van der Waals surface area contributed by atoms with Crippen LogP contribution >= 0.6 is 11.8 Å². The Bertz CT molecular complexity index is 479. The van der Waals surface area contributed by atoms with E-state index in [2.05, 4.69) is 34.2 Å². The normalized spacial score (nSPS) is 29.0. The van der Waals surface area contributed by atoms with E-state index < -0.39 is 0 Å². The summed E-state index contributed by atoms with van der Waals surface area (Å²) in [7, 11) is 0. The minimum Gasteiger partial charge on any atom is -0.396 e. The highest BCUT2D eigenvalue weighted by atomic mass is 32.2. The molecule has 1 saturated carbocycles. The van der Waals surface area contributed by atoms with Crippen LogP contribution < -0.4 is 10.6 Å². The largest absolute Gasteiger partial charge is 0.396 e. The van der Waals surface area contributed by atoms with E-state index in [4.69, 9.17) is 9.73 Å². The molecule has 28 heavy (non-hydrogen) atoms. The SMILES string of the molecule is CCNC(=NCC1(CCO)CCCCC1)NCC1(N2CCOCC2)CCSC1. The first kappa shape index (κ1) is 22.2. The van der Waals surface area contributed by atoms with Crippen molar-refractivity contribution in [3.63, 3.8) is 0 Å². The molecule has 7 heteroatoms. The highest BCUT2D eigenvalue weighted by Crippen LogP contribution is 2.39. The van der Waals surface area contributed by atoms with Gasteiger partial charge in [-0.15, -0.1) is 0 Å². The highest BCUT2D eigenvalue weighted by molar-refractivity contribution is 7.99. The van der Waals surface area contributed by atoms with Crippen molar-refractivity contribution in [2.45, 2.75) is 57.4 Å². The van der Waals surface area contributed by atoms with Crippen LogP contribution in [0.1, 0.15) is 51.9 Å². The summed E-state index contributed by atoms with van der Waals surface area (Å²) in [5.41, 5.74) is 0.415. The van der Waals surface area contributed by atoms with Gasteiger partial charge in [0.05, 0.1) is 13.2 Å². The number of nitrogens with one attached hydrogen (secondary N) is 2. The third-order valence-corrected chi connectivity index (χ3v) is 8.06. The Kier molecular flexibility index (Phi) is 8.75. The van der Waals surface area contributed by atoms with Gasteiger partial charge in [0.1, 0.15) is 0 Å². The molecule has 3 aliphatic rings. The van der Waals surface area contributed by atoms with E-state index in [0.717, 1.165) is 58.3 Å². The molecule has 0 amide bonds. The van der Waals surface area contributed by atoms with Crippen molar-refractivity contribution in [3.8, 4) is 0 Å². The summed E-state index contributed by atoms with van der Waals surface area (Å²) in [5, 5.41) is 16.7. The molecular formula is C21H40N4O2S. The van der Waals surface area contributed by atoms with Gasteiger partial charge in [-0.25, -0.2) is 0 Å². The van der Waals surface area contributed by atoms with Crippen molar-refractivity contribution >= 4 is 17.7 Å². The van der Waals surface area contributed by atoms with Crippen LogP contribution in [0.2, 0.25) is 0 Å². The zero-order chi connectivity index (χ0) is 19.7.